The first-order chi connectivity index (χ1) is 9.07. The first-order valence-corrected chi connectivity index (χ1v) is 7.27. The fourth-order valence-electron chi connectivity index (χ4n) is 2.10. The molecule has 1 aliphatic heterocycles. The summed E-state index contributed by atoms with van der Waals surface area (Å²) in [7, 11) is 0. The van der Waals surface area contributed by atoms with Crippen LogP contribution in [0.4, 0.5) is 0 Å². The molecule has 0 aliphatic carbocycles. The van der Waals surface area contributed by atoms with Gasteiger partial charge in [-0.3, -0.25) is 4.79 Å². The summed E-state index contributed by atoms with van der Waals surface area (Å²) in [5.41, 5.74) is -0.244. The van der Waals surface area contributed by atoms with E-state index in [9.17, 15) is 9.90 Å². The van der Waals surface area contributed by atoms with Crippen molar-refractivity contribution in [1.29, 1.82) is 0 Å². The third kappa shape index (κ3) is 3.10. The largest absolute Gasteiger partial charge is 0.385 e. The van der Waals surface area contributed by atoms with Gasteiger partial charge >= 0.3 is 0 Å². The van der Waals surface area contributed by atoms with Gasteiger partial charge in [0.2, 0.25) is 0 Å². The average molecular weight is 285 g/mol. The van der Waals surface area contributed by atoms with E-state index in [0.29, 0.717) is 17.9 Å². The summed E-state index contributed by atoms with van der Waals surface area (Å²) >= 11 is 1.09. The maximum atomic E-state index is 12.1. The number of nitrogens with zero attached hydrogens (tertiary/aromatic N) is 2. The number of carbonyl (C=O) groups is 1. The van der Waals surface area contributed by atoms with Gasteiger partial charge in [-0.1, -0.05) is 17.8 Å². The predicted octanol–water partition coefficient (Wildman–Crippen LogP) is 0.760. The summed E-state index contributed by atoms with van der Waals surface area (Å²) in [5, 5.41) is 17.0. The quantitative estimate of drug-likeness (QED) is 0.834. The summed E-state index contributed by atoms with van der Waals surface area (Å²) < 4.78 is 9.15. The second-order valence-electron chi connectivity index (χ2n) is 4.85. The molecular weight excluding hydrogens is 266 g/mol. The molecule has 19 heavy (non-hydrogen) atoms. The Bertz CT molecular complexity index is 451. The molecule has 6 nitrogen and oxygen atoms in total. The van der Waals surface area contributed by atoms with Crippen LogP contribution in [0, 0.1) is 0 Å². The number of nitrogens with one attached hydrogen (secondary N) is 1. The zero-order chi connectivity index (χ0) is 13.9. The van der Waals surface area contributed by atoms with E-state index < -0.39 is 5.60 Å². The van der Waals surface area contributed by atoms with E-state index in [1.54, 1.807) is 0 Å². The fourth-order valence-corrected chi connectivity index (χ4v) is 2.72. The lowest BCUT2D eigenvalue weighted by Crippen LogP contribution is -2.47. The van der Waals surface area contributed by atoms with Gasteiger partial charge in [0.1, 0.15) is 10.5 Å². The minimum Gasteiger partial charge on any atom is -0.385 e. The average Bonchev–Trinajstić information content (AvgIpc) is 2.96. The van der Waals surface area contributed by atoms with Crippen molar-refractivity contribution in [3.05, 3.63) is 10.6 Å². The molecule has 1 aromatic rings. The Morgan fingerprint density at radius 3 is 3.11 bits per heavy atom. The standard InChI is InChI=1S/C12H19N3O3S/c1-3-4-9-10(19-15-14-9)11(16)13-7-12(17)5-6-18-8(12)2/h8,17H,3-7H2,1-2H3,(H,13,16). The van der Waals surface area contributed by atoms with Crippen LogP contribution in [0.2, 0.25) is 0 Å². The van der Waals surface area contributed by atoms with Crippen molar-refractivity contribution in [2.45, 2.75) is 44.8 Å². The van der Waals surface area contributed by atoms with Crippen LogP contribution in [0.1, 0.15) is 42.1 Å². The molecule has 1 fully saturated rings. The number of aromatic nitrogens is 2. The molecule has 1 amide bonds. The Morgan fingerprint density at radius 1 is 1.68 bits per heavy atom. The summed E-state index contributed by atoms with van der Waals surface area (Å²) in [6.07, 6.45) is 1.93. The van der Waals surface area contributed by atoms with Crippen molar-refractivity contribution in [3.63, 3.8) is 0 Å². The number of amides is 1. The van der Waals surface area contributed by atoms with Gasteiger partial charge in [-0.2, -0.15) is 0 Å². The SMILES string of the molecule is CCCc1nnsc1C(=O)NCC1(O)CCOC1C. The zero-order valence-corrected chi connectivity index (χ0v) is 12.0. The van der Waals surface area contributed by atoms with E-state index in [-0.39, 0.29) is 18.6 Å². The molecule has 0 radical (unpaired) electrons. The number of aliphatic hydroxyl groups is 1. The van der Waals surface area contributed by atoms with Crippen molar-refractivity contribution < 1.29 is 14.6 Å². The van der Waals surface area contributed by atoms with E-state index in [4.69, 9.17) is 4.74 Å². The Morgan fingerprint density at radius 2 is 2.47 bits per heavy atom. The van der Waals surface area contributed by atoms with E-state index >= 15 is 0 Å². The maximum Gasteiger partial charge on any atom is 0.265 e. The number of carbonyl (C=O) groups excluding carboxylic acids is 1. The third-order valence-electron chi connectivity index (χ3n) is 3.46. The summed E-state index contributed by atoms with van der Waals surface area (Å²) in [5.74, 6) is -0.217. The number of hydrogen-bond acceptors (Lipinski definition) is 6. The van der Waals surface area contributed by atoms with Crippen LogP contribution < -0.4 is 5.32 Å². The lowest BCUT2D eigenvalue weighted by atomic mass is 9.97. The summed E-state index contributed by atoms with van der Waals surface area (Å²) in [4.78, 5) is 12.6. The highest BCUT2D eigenvalue weighted by Gasteiger charge is 2.39. The first kappa shape index (κ1) is 14.4. The van der Waals surface area contributed by atoms with Crippen molar-refractivity contribution in [3.8, 4) is 0 Å². The molecule has 1 aromatic heterocycles. The van der Waals surface area contributed by atoms with Crippen LogP contribution in [-0.2, 0) is 11.2 Å². The van der Waals surface area contributed by atoms with Gasteiger partial charge in [-0.05, 0) is 24.9 Å². The lowest BCUT2D eigenvalue weighted by molar-refractivity contribution is -0.0251. The molecule has 2 atom stereocenters. The Labute approximate surface area is 116 Å². The molecule has 2 unspecified atom stereocenters. The van der Waals surface area contributed by atoms with Gasteiger partial charge in [0.15, 0.2) is 0 Å². The molecule has 106 valence electrons. The van der Waals surface area contributed by atoms with E-state index in [0.717, 1.165) is 30.1 Å². The topological polar surface area (TPSA) is 84.3 Å². The Hall–Kier alpha value is -1.05. The lowest BCUT2D eigenvalue weighted by Gasteiger charge is -2.25. The van der Waals surface area contributed by atoms with Gasteiger partial charge in [0, 0.05) is 19.6 Å². The molecule has 2 rings (SSSR count). The molecule has 0 saturated carbocycles. The Balaban J connectivity index is 1.96. The molecule has 1 aliphatic rings. The highest BCUT2D eigenvalue weighted by Crippen LogP contribution is 2.25. The number of aryl methyl sites for hydroxylation is 1. The third-order valence-corrected chi connectivity index (χ3v) is 4.23. The molecule has 0 bridgehead atoms. The van der Waals surface area contributed by atoms with Gasteiger partial charge < -0.3 is 15.2 Å². The highest BCUT2D eigenvalue weighted by atomic mass is 32.1. The van der Waals surface area contributed by atoms with Crippen LogP contribution in [0.3, 0.4) is 0 Å². The van der Waals surface area contributed by atoms with Crippen LogP contribution in [-0.4, -0.2) is 45.5 Å². The highest BCUT2D eigenvalue weighted by molar-refractivity contribution is 7.08. The van der Waals surface area contributed by atoms with Crippen molar-refractivity contribution in [2.24, 2.45) is 0 Å². The van der Waals surface area contributed by atoms with Crippen molar-refractivity contribution in [2.75, 3.05) is 13.2 Å². The molecule has 0 spiro atoms. The van der Waals surface area contributed by atoms with Crippen LogP contribution >= 0.6 is 11.5 Å². The maximum absolute atomic E-state index is 12.1. The molecular formula is C12H19N3O3S. The molecule has 2 heterocycles. The Kier molecular flexibility index (Phi) is 4.49. The van der Waals surface area contributed by atoms with Gasteiger partial charge in [0.05, 0.1) is 11.8 Å². The first-order valence-electron chi connectivity index (χ1n) is 6.50. The smallest absolute Gasteiger partial charge is 0.265 e. The van der Waals surface area contributed by atoms with Crippen molar-refractivity contribution >= 4 is 17.4 Å². The molecule has 2 N–H and O–H groups in total. The molecule has 1 saturated heterocycles. The summed E-state index contributed by atoms with van der Waals surface area (Å²) in [6.45, 7) is 4.56. The number of hydrogen-bond donors (Lipinski definition) is 2. The minimum absolute atomic E-state index is 0.191. The number of rotatable bonds is 5. The van der Waals surface area contributed by atoms with Crippen LogP contribution in [0.15, 0.2) is 0 Å². The van der Waals surface area contributed by atoms with Crippen LogP contribution in [0.5, 0.6) is 0 Å². The van der Waals surface area contributed by atoms with Gasteiger partial charge in [-0.25, -0.2) is 0 Å². The second-order valence-corrected chi connectivity index (χ2v) is 5.60. The van der Waals surface area contributed by atoms with Gasteiger partial charge in [-0.15, -0.1) is 5.10 Å². The van der Waals surface area contributed by atoms with Gasteiger partial charge in [0.25, 0.3) is 5.91 Å². The van der Waals surface area contributed by atoms with Crippen LogP contribution in [0.25, 0.3) is 0 Å². The van der Waals surface area contributed by atoms with E-state index in [1.165, 1.54) is 0 Å². The monoisotopic (exact) mass is 285 g/mol. The molecule has 7 heteroatoms. The second kappa shape index (κ2) is 5.94. The normalized spacial score (nSPS) is 26.6. The predicted molar refractivity (Wildman–Crippen MR) is 71.2 cm³/mol. The minimum atomic E-state index is -0.974. The zero-order valence-electron chi connectivity index (χ0n) is 11.2. The van der Waals surface area contributed by atoms with E-state index in [2.05, 4.69) is 14.9 Å². The fraction of sp³-hybridized carbons (Fsp3) is 0.750. The van der Waals surface area contributed by atoms with Crippen molar-refractivity contribution in [1.82, 2.24) is 14.9 Å². The van der Waals surface area contributed by atoms with E-state index in [1.807, 2.05) is 13.8 Å². The summed E-state index contributed by atoms with van der Waals surface area (Å²) in [6, 6.07) is 0. The number of ether oxygens (including phenoxy) is 1. The molecule has 0 aromatic carbocycles.